The molecule has 6 heteroatoms. The van der Waals surface area contributed by atoms with Gasteiger partial charge in [-0.3, -0.25) is 0 Å². The normalized spacial score (nSPS) is 17.5. The van der Waals surface area contributed by atoms with Gasteiger partial charge < -0.3 is 9.47 Å². The molecule has 0 saturated heterocycles. The van der Waals surface area contributed by atoms with E-state index in [9.17, 15) is 8.42 Å². The molecule has 122 valence electrons. The van der Waals surface area contributed by atoms with Crippen LogP contribution in [0.1, 0.15) is 11.1 Å². The largest absolute Gasteiger partial charge is 0.495 e. The van der Waals surface area contributed by atoms with Gasteiger partial charge in [-0.05, 0) is 23.3 Å². The number of rotatable bonds is 5. The number of para-hydroxylation sites is 1. The first kappa shape index (κ1) is 16.0. The zero-order chi connectivity index (χ0) is 16.3. The summed E-state index contributed by atoms with van der Waals surface area (Å²) in [6.07, 6.45) is 0.527. The number of methoxy groups -OCH3 is 1. The highest BCUT2D eigenvalue weighted by molar-refractivity contribution is 7.89. The summed E-state index contributed by atoms with van der Waals surface area (Å²) in [4.78, 5) is 0.138. The van der Waals surface area contributed by atoms with E-state index < -0.39 is 10.0 Å². The molecule has 1 aliphatic heterocycles. The van der Waals surface area contributed by atoms with E-state index in [-0.39, 0.29) is 17.5 Å². The van der Waals surface area contributed by atoms with Gasteiger partial charge in [0.25, 0.3) is 0 Å². The minimum atomic E-state index is -3.63. The van der Waals surface area contributed by atoms with E-state index in [0.717, 1.165) is 5.56 Å². The van der Waals surface area contributed by atoms with Gasteiger partial charge in [0.05, 0.1) is 19.8 Å². The SMILES string of the molecule is COc1ccccc1S(=O)(=O)NC[C@H]1Cc2ccccc2CO1. The van der Waals surface area contributed by atoms with Crippen molar-refractivity contribution >= 4 is 10.0 Å². The molecular formula is C17H19NO4S. The Labute approximate surface area is 136 Å². The Morgan fingerprint density at radius 3 is 2.61 bits per heavy atom. The van der Waals surface area contributed by atoms with Crippen molar-refractivity contribution in [1.29, 1.82) is 0 Å². The fourth-order valence-corrected chi connectivity index (χ4v) is 3.90. The Hall–Kier alpha value is -1.89. The van der Waals surface area contributed by atoms with Crippen molar-refractivity contribution in [2.75, 3.05) is 13.7 Å². The van der Waals surface area contributed by atoms with E-state index in [0.29, 0.717) is 18.8 Å². The average molecular weight is 333 g/mol. The van der Waals surface area contributed by atoms with E-state index in [1.165, 1.54) is 18.7 Å². The van der Waals surface area contributed by atoms with Crippen LogP contribution in [0.3, 0.4) is 0 Å². The summed E-state index contributed by atoms with van der Waals surface area (Å²) in [6, 6.07) is 14.6. The average Bonchev–Trinajstić information content (AvgIpc) is 2.60. The third-order valence-electron chi connectivity index (χ3n) is 3.90. The van der Waals surface area contributed by atoms with Crippen LogP contribution in [0, 0.1) is 0 Å². The summed E-state index contributed by atoms with van der Waals surface area (Å²) in [6.45, 7) is 0.742. The highest BCUT2D eigenvalue weighted by atomic mass is 32.2. The molecule has 1 aliphatic rings. The third-order valence-corrected chi connectivity index (χ3v) is 5.36. The summed E-state index contributed by atoms with van der Waals surface area (Å²) in [5.74, 6) is 0.329. The maximum absolute atomic E-state index is 12.5. The van der Waals surface area contributed by atoms with E-state index >= 15 is 0 Å². The highest BCUT2D eigenvalue weighted by Crippen LogP contribution is 2.23. The summed E-state index contributed by atoms with van der Waals surface area (Å²) < 4.78 is 38.4. The maximum Gasteiger partial charge on any atom is 0.244 e. The minimum Gasteiger partial charge on any atom is -0.495 e. The molecule has 0 unspecified atom stereocenters. The highest BCUT2D eigenvalue weighted by Gasteiger charge is 2.23. The molecule has 3 rings (SSSR count). The third kappa shape index (κ3) is 3.55. The van der Waals surface area contributed by atoms with Crippen molar-refractivity contribution in [2.24, 2.45) is 0 Å². The summed E-state index contributed by atoms with van der Waals surface area (Å²) in [7, 11) is -2.18. The maximum atomic E-state index is 12.5. The van der Waals surface area contributed by atoms with Gasteiger partial charge in [0.2, 0.25) is 10.0 Å². The van der Waals surface area contributed by atoms with E-state index in [1.807, 2.05) is 18.2 Å². The second-order valence-corrected chi connectivity index (χ2v) is 7.14. The van der Waals surface area contributed by atoms with Crippen molar-refractivity contribution in [1.82, 2.24) is 4.72 Å². The van der Waals surface area contributed by atoms with Crippen LogP contribution in [-0.4, -0.2) is 28.2 Å². The molecule has 0 bridgehead atoms. The van der Waals surface area contributed by atoms with E-state index in [2.05, 4.69) is 10.8 Å². The Bertz CT molecular complexity index is 789. The number of nitrogens with one attached hydrogen (secondary N) is 1. The zero-order valence-electron chi connectivity index (χ0n) is 12.9. The Morgan fingerprint density at radius 1 is 1.13 bits per heavy atom. The Balaban J connectivity index is 1.69. The molecular weight excluding hydrogens is 314 g/mol. The summed E-state index contributed by atoms with van der Waals surface area (Å²) in [5, 5.41) is 0. The predicted octanol–water partition coefficient (Wildman–Crippen LogP) is 2.12. The van der Waals surface area contributed by atoms with Gasteiger partial charge in [-0.15, -0.1) is 0 Å². The Kier molecular flexibility index (Phi) is 4.66. The van der Waals surface area contributed by atoms with Crippen molar-refractivity contribution < 1.29 is 17.9 Å². The number of hydrogen-bond donors (Lipinski definition) is 1. The van der Waals surface area contributed by atoms with Crippen LogP contribution in [0.5, 0.6) is 5.75 Å². The molecule has 0 aliphatic carbocycles. The lowest BCUT2D eigenvalue weighted by molar-refractivity contribution is 0.0322. The number of hydrogen-bond acceptors (Lipinski definition) is 4. The monoisotopic (exact) mass is 333 g/mol. The van der Waals surface area contributed by atoms with Crippen LogP contribution in [0.15, 0.2) is 53.4 Å². The molecule has 0 saturated carbocycles. The quantitative estimate of drug-likeness (QED) is 0.910. The minimum absolute atomic E-state index is 0.138. The molecule has 1 N–H and O–H groups in total. The van der Waals surface area contributed by atoms with Crippen molar-refractivity contribution in [3.05, 3.63) is 59.7 Å². The van der Waals surface area contributed by atoms with Gasteiger partial charge in [0, 0.05) is 13.0 Å². The van der Waals surface area contributed by atoms with Crippen molar-refractivity contribution in [3.8, 4) is 5.75 Å². The second-order valence-electron chi connectivity index (χ2n) is 5.41. The lowest BCUT2D eigenvalue weighted by atomic mass is 9.99. The second kappa shape index (κ2) is 6.70. The molecule has 0 spiro atoms. The summed E-state index contributed by atoms with van der Waals surface area (Å²) >= 11 is 0. The lowest BCUT2D eigenvalue weighted by Crippen LogP contribution is -2.36. The fourth-order valence-electron chi connectivity index (χ4n) is 2.66. The van der Waals surface area contributed by atoms with Crippen LogP contribution >= 0.6 is 0 Å². The zero-order valence-corrected chi connectivity index (χ0v) is 13.7. The van der Waals surface area contributed by atoms with Crippen molar-refractivity contribution in [2.45, 2.75) is 24.0 Å². The first-order chi connectivity index (χ1) is 11.1. The van der Waals surface area contributed by atoms with Crippen LogP contribution in [0.2, 0.25) is 0 Å². The van der Waals surface area contributed by atoms with Crippen LogP contribution in [0.4, 0.5) is 0 Å². The van der Waals surface area contributed by atoms with Gasteiger partial charge in [-0.25, -0.2) is 13.1 Å². The molecule has 2 aromatic carbocycles. The standard InChI is InChI=1S/C17H19NO4S/c1-21-16-8-4-5-9-17(16)23(19,20)18-11-15-10-13-6-2-3-7-14(13)12-22-15/h2-9,15,18H,10-12H2,1H3/t15-/m1/s1. The lowest BCUT2D eigenvalue weighted by Gasteiger charge is -2.25. The molecule has 0 radical (unpaired) electrons. The first-order valence-corrected chi connectivity index (χ1v) is 8.89. The van der Waals surface area contributed by atoms with Crippen LogP contribution in [-0.2, 0) is 27.8 Å². The first-order valence-electron chi connectivity index (χ1n) is 7.41. The fraction of sp³-hybridized carbons (Fsp3) is 0.294. The van der Waals surface area contributed by atoms with Gasteiger partial charge in [-0.1, -0.05) is 36.4 Å². The summed E-state index contributed by atoms with van der Waals surface area (Å²) in [5.41, 5.74) is 2.37. The number of benzene rings is 2. The number of fused-ring (bicyclic) bond motifs is 1. The molecule has 23 heavy (non-hydrogen) atoms. The molecule has 0 amide bonds. The van der Waals surface area contributed by atoms with E-state index in [4.69, 9.17) is 9.47 Å². The Morgan fingerprint density at radius 2 is 1.83 bits per heavy atom. The molecule has 5 nitrogen and oxygen atoms in total. The molecule has 2 aromatic rings. The number of ether oxygens (including phenoxy) is 2. The molecule has 0 aromatic heterocycles. The molecule has 0 fully saturated rings. The molecule has 1 heterocycles. The van der Waals surface area contributed by atoms with Gasteiger partial charge in [0.15, 0.2) is 0 Å². The van der Waals surface area contributed by atoms with Gasteiger partial charge >= 0.3 is 0 Å². The predicted molar refractivity (Wildman–Crippen MR) is 86.9 cm³/mol. The van der Waals surface area contributed by atoms with Gasteiger partial charge in [-0.2, -0.15) is 0 Å². The van der Waals surface area contributed by atoms with Crippen molar-refractivity contribution in [3.63, 3.8) is 0 Å². The topological polar surface area (TPSA) is 64.6 Å². The van der Waals surface area contributed by atoms with E-state index in [1.54, 1.807) is 18.2 Å². The molecule has 1 atom stereocenters. The van der Waals surface area contributed by atoms with Gasteiger partial charge in [0.1, 0.15) is 10.6 Å². The van der Waals surface area contributed by atoms with Crippen LogP contribution in [0.25, 0.3) is 0 Å². The number of sulfonamides is 1. The smallest absolute Gasteiger partial charge is 0.244 e. The van der Waals surface area contributed by atoms with Crippen LogP contribution < -0.4 is 9.46 Å².